The number of fused-ring (bicyclic) bond motifs is 1. The van der Waals surface area contributed by atoms with Crippen LogP contribution in [0.15, 0.2) is 23.2 Å². The highest BCUT2D eigenvalue weighted by molar-refractivity contribution is 8.14. The number of thioether (sulfide) groups is 1. The predicted molar refractivity (Wildman–Crippen MR) is 124 cm³/mol. The number of benzene rings is 1. The summed E-state index contributed by atoms with van der Waals surface area (Å²) in [7, 11) is -3.37. The molecule has 2 atom stereocenters. The zero-order chi connectivity index (χ0) is 20.9. The van der Waals surface area contributed by atoms with Gasteiger partial charge < -0.3 is 10.3 Å². The highest BCUT2D eigenvalue weighted by Gasteiger charge is 2.56. The normalized spacial score (nSPS) is 26.6. The maximum atomic E-state index is 11.2. The number of hydrogen-bond acceptors (Lipinski definition) is 6. The van der Waals surface area contributed by atoms with Crippen molar-refractivity contribution in [3.8, 4) is 0 Å². The van der Waals surface area contributed by atoms with Gasteiger partial charge in [0.05, 0.1) is 35.3 Å². The van der Waals surface area contributed by atoms with Gasteiger partial charge in [0, 0.05) is 22.2 Å². The summed E-state index contributed by atoms with van der Waals surface area (Å²) in [4.78, 5) is 8.61. The Morgan fingerprint density at radius 3 is 2.90 bits per heavy atom. The van der Waals surface area contributed by atoms with Crippen molar-refractivity contribution >= 4 is 55.1 Å². The molecule has 0 saturated heterocycles. The summed E-state index contributed by atoms with van der Waals surface area (Å²) in [5.74, 6) is 1.33. The molecule has 1 spiro atoms. The third kappa shape index (κ3) is 4.24. The van der Waals surface area contributed by atoms with Crippen LogP contribution in [0.4, 0.5) is 5.69 Å². The highest BCUT2D eigenvalue weighted by Crippen LogP contribution is 2.55. The minimum atomic E-state index is -3.37. The van der Waals surface area contributed by atoms with Gasteiger partial charge in [-0.05, 0) is 49.8 Å². The molecule has 0 bridgehead atoms. The highest BCUT2D eigenvalue weighted by atomic mass is 35.5. The van der Waals surface area contributed by atoms with E-state index in [1.807, 2.05) is 12.1 Å². The van der Waals surface area contributed by atoms with Crippen molar-refractivity contribution in [1.29, 1.82) is 0 Å². The van der Waals surface area contributed by atoms with Crippen molar-refractivity contribution in [2.75, 3.05) is 23.9 Å². The quantitative estimate of drug-likeness (QED) is 0.572. The number of hydrogen-bond donors (Lipinski definition) is 2. The molecule has 9 heteroatoms. The number of anilines is 1. The van der Waals surface area contributed by atoms with Crippen molar-refractivity contribution in [2.24, 2.45) is 10.9 Å². The van der Waals surface area contributed by atoms with Gasteiger partial charge in [0.25, 0.3) is 10.1 Å². The first-order valence-corrected chi connectivity index (χ1v) is 13.7. The lowest BCUT2D eigenvalue weighted by atomic mass is 10.2. The molecule has 30 heavy (non-hydrogen) atoms. The molecule has 2 heterocycles. The number of rotatable bonds is 7. The fourth-order valence-electron chi connectivity index (χ4n) is 4.72. The largest absolute Gasteiger partial charge is 0.381 e. The lowest BCUT2D eigenvalue weighted by Gasteiger charge is -2.14. The number of aromatic nitrogens is 1. The Morgan fingerprint density at radius 2 is 2.13 bits per heavy atom. The fourth-order valence-corrected chi connectivity index (χ4v) is 6.66. The van der Waals surface area contributed by atoms with Crippen LogP contribution in [0.2, 0.25) is 5.02 Å². The topological polar surface area (TPSA) is 83.5 Å². The molecule has 1 aliphatic heterocycles. The summed E-state index contributed by atoms with van der Waals surface area (Å²) < 4.78 is 27.2. The number of halogens is 1. The Bertz CT molecular complexity index is 1110. The molecule has 0 amide bonds. The molecule has 2 N–H and O–H groups in total. The van der Waals surface area contributed by atoms with Gasteiger partial charge in [0.1, 0.15) is 5.04 Å². The van der Waals surface area contributed by atoms with Gasteiger partial charge in [0.2, 0.25) is 0 Å². The Balaban J connectivity index is 1.33. The number of nitrogens with zero attached hydrogens (tertiary/aromatic N) is 1. The fraction of sp³-hybridized carbons (Fsp3) is 0.571. The average Bonchev–Trinajstić information content (AvgIpc) is 3.12. The summed E-state index contributed by atoms with van der Waals surface area (Å²) in [6.45, 7) is 0.238. The summed E-state index contributed by atoms with van der Waals surface area (Å²) in [6.07, 6.45) is 7.79. The van der Waals surface area contributed by atoms with E-state index in [4.69, 9.17) is 20.8 Å². The van der Waals surface area contributed by atoms with Gasteiger partial charge in [-0.2, -0.15) is 8.42 Å². The number of nitrogens with one attached hydrogen (secondary N) is 2. The van der Waals surface area contributed by atoms with E-state index < -0.39 is 10.1 Å². The minimum absolute atomic E-state index is 0.0548. The molecule has 3 aliphatic rings. The van der Waals surface area contributed by atoms with Crippen molar-refractivity contribution in [3.05, 3.63) is 28.9 Å². The number of aromatic amines is 1. The van der Waals surface area contributed by atoms with Crippen LogP contribution in [-0.4, -0.2) is 48.6 Å². The lowest BCUT2D eigenvalue weighted by Crippen LogP contribution is -2.14. The molecule has 1 aromatic carbocycles. The third-order valence-electron chi connectivity index (χ3n) is 6.38. The van der Waals surface area contributed by atoms with Crippen LogP contribution in [0.1, 0.15) is 44.2 Å². The molecule has 5 rings (SSSR count). The van der Waals surface area contributed by atoms with Gasteiger partial charge in [-0.1, -0.05) is 24.4 Å². The van der Waals surface area contributed by atoms with Crippen LogP contribution >= 0.6 is 23.4 Å². The van der Waals surface area contributed by atoms with E-state index in [1.165, 1.54) is 25.7 Å². The van der Waals surface area contributed by atoms with E-state index >= 15 is 0 Å². The van der Waals surface area contributed by atoms with E-state index in [0.717, 1.165) is 57.2 Å². The molecule has 2 aliphatic carbocycles. The molecule has 2 unspecified atom stereocenters. The first kappa shape index (κ1) is 20.7. The smallest absolute Gasteiger partial charge is 0.264 e. The maximum absolute atomic E-state index is 11.2. The van der Waals surface area contributed by atoms with Crippen molar-refractivity contribution in [3.63, 3.8) is 0 Å². The van der Waals surface area contributed by atoms with Crippen molar-refractivity contribution < 1.29 is 12.6 Å². The molecular weight excluding hydrogens is 442 g/mol. The van der Waals surface area contributed by atoms with E-state index in [0.29, 0.717) is 12.0 Å². The van der Waals surface area contributed by atoms with E-state index in [1.54, 1.807) is 11.8 Å². The molecule has 2 fully saturated rings. The Hall–Kier alpha value is -1.22. The number of H-pyrrole nitrogens is 1. The average molecular weight is 468 g/mol. The minimum Gasteiger partial charge on any atom is -0.381 e. The Labute approximate surface area is 186 Å². The van der Waals surface area contributed by atoms with Gasteiger partial charge in [0.15, 0.2) is 0 Å². The summed E-state index contributed by atoms with van der Waals surface area (Å²) >= 11 is 8.16. The maximum Gasteiger partial charge on any atom is 0.264 e. The van der Waals surface area contributed by atoms with Gasteiger partial charge in [-0.25, -0.2) is 0 Å². The second-order valence-electron chi connectivity index (χ2n) is 8.75. The van der Waals surface area contributed by atoms with Gasteiger partial charge in [-0.15, -0.1) is 11.8 Å². The van der Waals surface area contributed by atoms with Crippen LogP contribution in [0, 0.1) is 5.92 Å². The zero-order valence-corrected chi connectivity index (χ0v) is 19.3. The molecule has 2 aromatic rings. The first-order chi connectivity index (χ1) is 14.3. The molecule has 6 nitrogen and oxygen atoms in total. The predicted octanol–water partition coefficient (Wildman–Crippen LogP) is 4.79. The standard InChI is InChI=1S/C21H26ClN3O3S2/c1-30(26,27)28-7-6-14-11-21(14)12-29-20(25-21)18-9-13-8-15(22)10-17(19(13)24-18)23-16-4-2-3-5-16/h8-10,14,16,23-24H,2-7,11-12H2,1H3. The van der Waals surface area contributed by atoms with Crippen molar-refractivity contribution in [2.45, 2.75) is 50.1 Å². The molecule has 1 aromatic heterocycles. The van der Waals surface area contributed by atoms with Gasteiger partial charge >= 0.3 is 0 Å². The summed E-state index contributed by atoms with van der Waals surface area (Å²) in [5, 5.41) is 6.53. The Kier molecular flexibility index (Phi) is 5.32. The van der Waals surface area contributed by atoms with Gasteiger partial charge in [-0.3, -0.25) is 9.18 Å². The monoisotopic (exact) mass is 467 g/mol. The summed E-state index contributed by atoms with van der Waals surface area (Å²) in [5.41, 5.74) is 3.12. The van der Waals surface area contributed by atoms with E-state index in [9.17, 15) is 8.42 Å². The van der Waals surface area contributed by atoms with E-state index in [2.05, 4.69) is 16.4 Å². The summed E-state index contributed by atoms with van der Waals surface area (Å²) in [6, 6.07) is 6.65. The first-order valence-electron chi connectivity index (χ1n) is 10.5. The molecular formula is C21H26ClN3O3S2. The third-order valence-corrected chi connectivity index (χ3v) is 8.43. The van der Waals surface area contributed by atoms with Crippen LogP contribution in [-0.2, 0) is 14.3 Å². The lowest BCUT2D eigenvalue weighted by molar-refractivity contribution is 0.303. The SMILES string of the molecule is CS(=O)(=O)OCCC1CC12CSC(c1cc3cc(Cl)cc(NC4CCCC4)c3[nH]1)=N2. The van der Waals surface area contributed by atoms with Crippen LogP contribution in [0.3, 0.4) is 0 Å². The molecule has 2 saturated carbocycles. The van der Waals surface area contributed by atoms with Crippen LogP contribution in [0.25, 0.3) is 10.9 Å². The van der Waals surface area contributed by atoms with Crippen molar-refractivity contribution in [1.82, 2.24) is 4.98 Å². The van der Waals surface area contributed by atoms with Crippen LogP contribution in [0.5, 0.6) is 0 Å². The number of aliphatic imine (C=N–C) groups is 1. The second-order valence-corrected chi connectivity index (χ2v) is 11.8. The Morgan fingerprint density at radius 1 is 1.33 bits per heavy atom. The van der Waals surface area contributed by atoms with E-state index in [-0.39, 0.29) is 12.1 Å². The van der Waals surface area contributed by atoms with Crippen LogP contribution < -0.4 is 5.32 Å². The zero-order valence-electron chi connectivity index (χ0n) is 16.9. The second kappa shape index (κ2) is 7.73. The molecule has 162 valence electrons. The molecule has 0 radical (unpaired) electrons.